The summed E-state index contributed by atoms with van der Waals surface area (Å²) in [6.45, 7) is 4.76. The summed E-state index contributed by atoms with van der Waals surface area (Å²) in [5.74, 6) is 1.90. The minimum atomic E-state index is 0.274. The SMILES string of the molecule is CCC(N)C(c1cccs1)N(CC1CC1)CC1CC1. The average molecular weight is 278 g/mol. The lowest BCUT2D eigenvalue weighted by molar-refractivity contribution is 0.157. The van der Waals surface area contributed by atoms with Crippen LogP contribution < -0.4 is 5.73 Å². The van der Waals surface area contributed by atoms with Crippen LogP contribution in [0.2, 0.25) is 0 Å². The average Bonchev–Trinajstić information content (AvgIpc) is 3.33. The van der Waals surface area contributed by atoms with Crippen LogP contribution in [0.25, 0.3) is 0 Å². The first-order valence-corrected chi connectivity index (χ1v) is 8.69. The van der Waals surface area contributed by atoms with Crippen molar-refractivity contribution in [2.45, 2.75) is 51.1 Å². The van der Waals surface area contributed by atoms with E-state index in [-0.39, 0.29) is 6.04 Å². The summed E-state index contributed by atoms with van der Waals surface area (Å²) in [5.41, 5.74) is 6.47. The third-order valence-corrected chi connectivity index (χ3v) is 5.43. The van der Waals surface area contributed by atoms with Crippen molar-refractivity contribution < 1.29 is 0 Å². The quantitative estimate of drug-likeness (QED) is 0.786. The van der Waals surface area contributed by atoms with Gasteiger partial charge in [0.25, 0.3) is 0 Å². The molecule has 0 aliphatic heterocycles. The molecule has 0 amide bonds. The molecule has 0 spiro atoms. The van der Waals surface area contributed by atoms with Gasteiger partial charge in [-0.2, -0.15) is 0 Å². The molecule has 3 heteroatoms. The smallest absolute Gasteiger partial charge is 0.0593 e. The van der Waals surface area contributed by atoms with Gasteiger partial charge in [0.1, 0.15) is 0 Å². The van der Waals surface area contributed by atoms with Gasteiger partial charge < -0.3 is 5.73 Å². The monoisotopic (exact) mass is 278 g/mol. The van der Waals surface area contributed by atoms with Gasteiger partial charge in [0.2, 0.25) is 0 Å². The normalized spacial score (nSPS) is 22.7. The van der Waals surface area contributed by atoms with Crippen LogP contribution in [0.3, 0.4) is 0 Å². The zero-order valence-corrected chi connectivity index (χ0v) is 12.7. The van der Waals surface area contributed by atoms with Gasteiger partial charge in [-0.15, -0.1) is 11.3 Å². The van der Waals surface area contributed by atoms with E-state index in [1.165, 1.54) is 43.6 Å². The van der Waals surface area contributed by atoms with Crippen LogP contribution in [0, 0.1) is 11.8 Å². The molecule has 2 unspecified atom stereocenters. The predicted molar refractivity (Wildman–Crippen MR) is 82.3 cm³/mol. The maximum absolute atomic E-state index is 6.47. The van der Waals surface area contributed by atoms with E-state index < -0.39 is 0 Å². The summed E-state index contributed by atoms with van der Waals surface area (Å²) < 4.78 is 0. The second-order valence-electron chi connectivity index (χ2n) is 6.37. The highest BCUT2D eigenvalue weighted by molar-refractivity contribution is 7.10. The number of rotatable bonds is 8. The van der Waals surface area contributed by atoms with Crippen molar-refractivity contribution in [3.05, 3.63) is 22.4 Å². The van der Waals surface area contributed by atoms with E-state index in [2.05, 4.69) is 29.3 Å². The van der Waals surface area contributed by atoms with Gasteiger partial charge in [0, 0.05) is 24.0 Å². The van der Waals surface area contributed by atoms with Gasteiger partial charge in [-0.3, -0.25) is 4.90 Å². The molecule has 2 atom stereocenters. The number of nitrogens with two attached hydrogens (primary N) is 1. The zero-order chi connectivity index (χ0) is 13.2. The first kappa shape index (κ1) is 13.6. The summed E-state index contributed by atoms with van der Waals surface area (Å²) in [7, 11) is 0. The van der Waals surface area contributed by atoms with Crippen LogP contribution in [-0.2, 0) is 0 Å². The summed E-state index contributed by atoms with van der Waals surface area (Å²) in [4.78, 5) is 4.19. The molecular formula is C16H26N2S. The molecule has 19 heavy (non-hydrogen) atoms. The number of nitrogens with zero attached hydrogens (tertiary/aromatic N) is 1. The Kier molecular flexibility index (Phi) is 4.25. The molecule has 2 fully saturated rings. The topological polar surface area (TPSA) is 29.3 Å². The van der Waals surface area contributed by atoms with Gasteiger partial charge >= 0.3 is 0 Å². The Bertz CT molecular complexity index is 367. The zero-order valence-electron chi connectivity index (χ0n) is 11.9. The van der Waals surface area contributed by atoms with Crippen LogP contribution in [0.4, 0.5) is 0 Å². The molecule has 1 heterocycles. The molecule has 0 radical (unpaired) electrons. The van der Waals surface area contributed by atoms with Crippen molar-refractivity contribution in [3.8, 4) is 0 Å². The fourth-order valence-corrected chi connectivity index (χ4v) is 3.85. The molecule has 1 aromatic heterocycles. The molecule has 106 valence electrons. The van der Waals surface area contributed by atoms with Gasteiger partial charge in [0.05, 0.1) is 6.04 Å². The van der Waals surface area contributed by atoms with E-state index in [9.17, 15) is 0 Å². The lowest BCUT2D eigenvalue weighted by Crippen LogP contribution is -2.42. The minimum Gasteiger partial charge on any atom is -0.326 e. The largest absolute Gasteiger partial charge is 0.326 e. The first-order valence-electron chi connectivity index (χ1n) is 7.81. The Morgan fingerprint density at radius 1 is 1.26 bits per heavy atom. The summed E-state index contributed by atoms with van der Waals surface area (Å²) in [6, 6.07) is 5.17. The van der Waals surface area contributed by atoms with Crippen LogP contribution in [0.1, 0.15) is 49.9 Å². The maximum atomic E-state index is 6.47. The number of thiophene rings is 1. The molecule has 1 aromatic rings. The lowest BCUT2D eigenvalue weighted by atomic mass is 10.0. The number of hydrogen-bond acceptors (Lipinski definition) is 3. The molecule has 2 aliphatic carbocycles. The van der Waals surface area contributed by atoms with E-state index in [1.54, 1.807) is 0 Å². The van der Waals surface area contributed by atoms with Crippen molar-refractivity contribution in [2.24, 2.45) is 17.6 Å². The standard InChI is InChI=1S/C16H26N2S/c1-2-14(17)16(15-4-3-9-19-15)18(10-12-5-6-12)11-13-7-8-13/h3-4,9,12-14,16H,2,5-8,10-11,17H2,1H3. The Morgan fingerprint density at radius 3 is 2.32 bits per heavy atom. The summed E-state index contributed by atoms with van der Waals surface area (Å²) in [6.07, 6.45) is 6.78. The third kappa shape index (κ3) is 3.59. The van der Waals surface area contributed by atoms with Gasteiger partial charge in [-0.25, -0.2) is 0 Å². The van der Waals surface area contributed by atoms with Crippen LogP contribution in [-0.4, -0.2) is 24.0 Å². The minimum absolute atomic E-state index is 0.274. The fraction of sp³-hybridized carbons (Fsp3) is 0.750. The highest BCUT2D eigenvalue weighted by Crippen LogP contribution is 2.39. The van der Waals surface area contributed by atoms with Crippen molar-refractivity contribution in [1.29, 1.82) is 0 Å². The molecule has 2 nitrogen and oxygen atoms in total. The molecule has 3 rings (SSSR count). The Hall–Kier alpha value is -0.380. The molecular weight excluding hydrogens is 252 g/mol. The fourth-order valence-electron chi connectivity index (χ4n) is 2.91. The van der Waals surface area contributed by atoms with E-state index >= 15 is 0 Å². The lowest BCUT2D eigenvalue weighted by Gasteiger charge is -2.35. The van der Waals surface area contributed by atoms with Crippen LogP contribution in [0.5, 0.6) is 0 Å². The molecule has 2 aliphatic rings. The van der Waals surface area contributed by atoms with E-state index in [4.69, 9.17) is 5.73 Å². The van der Waals surface area contributed by atoms with E-state index in [1.807, 2.05) is 11.3 Å². The van der Waals surface area contributed by atoms with Gasteiger partial charge in [-0.05, 0) is 55.4 Å². The third-order valence-electron chi connectivity index (χ3n) is 4.48. The first-order chi connectivity index (χ1) is 9.28. The van der Waals surface area contributed by atoms with Gasteiger partial charge in [-0.1, -0.05) is 13.0 Å². The Morgan fingerprint density at radius 2 is 1.89 bits per heavy atom. The summed E-state index contributed by atoms with van der Waals surface area (Å²) in [5, 5.41) is 2.19. The summed E-state index contributed by atoms with van der Waals surface area (Å²) >= 11 is 1.88. The Balaban J connectivity index is 1.76. The molecule has 0 aromatic carbocycles. The molecule has 2 saturated carbocycles. The van der Waals surface area contributed by atoms with E-state index in [0.717, 1.165) is 18.3 Å². The highest BCUT2D eigenvalue weighted by Gasteiger charge is 2.35. The Labute approximate surface area is 121 Å². The van der Waals surface area contributed by atoms with Gasteiger partial charge in [0.15, 0.2) is 0 Å². The van der Waals surface area contributed by atoms with E-state index in [0.29, 0.717) is 6.04 Å². The maximum Gasteiger partial charge on any atom is 0.0593 e. The molecule has 0 bridgehead atoms. The van der Waals surface area contributed by atoms with Crippen molar-refractivity contribution in [2.75, 3.05) is 13.1 Å². The molecule has 0 saturated heterocycles. The van der Waals surface area contributed by atoms with Crippen LogP contribution >= 0.6 is 11.3 Å². The van der Waals surface area contributed by atoms with Crippen molar-refractivity contribution in [1.82, 2.24) is 4.90 Å². The molecule has 2 N–H and O–H groups in total. The second-order valence-corrected chi connectivity index (χ2v) is 7.35. The second kappa shape index (κ2) is 5.94. The number of hydrogen-bond donors (Lipinski definition) is 1. The van der Waals surface area contributed by atoms with Crippen molar-refractivity contribution >= 4 is 11.3 Å². The van der Waals surface area contributed by atoms with Crippen molar-refractivity contribution in [3.63, 3.8) is 0 Å². The highest BCUT2D eigenvalue weighted by atomic mass is 32.1. The predicted octanol–water partition coefficient (Wildman–Crippen LogP) is 3.65. The van der Waals surface area contributed by atoms with Crippen LogP contribution in [0.15, 0.2) is 17.5 Å².